The fraction of sp³-hybridized carbons (Fsp3) is 0.188. The molecule has 0 bridgehead atoms. The number of rotatable bonds is 3. The highest BCUT2D eigenvalue weighted by molar-refractivity contribution is 9.10. The summed E-state index contributed by atoms with van der Waals surface area (Å²) in [5.74, 6) is 1.56. The largest absolute Gasteiger partial charge is 0.296 e. The molecule has 0 aliphatic heterocycles. The van der Waals surface area contributed by atoms with Crippen LogP contribution in [0.15, 0.2) is 46.9 Å². The minimum Gasteiger partial charge on any atom is -0.296 e. The number of hydrogen-bond donors (Lipinski definition) is 0. The van der Waals surface area contributed by atoms with Crippen molar-refractivity contribution in [2.75, 3.05) is 5.88 Å². The maximum Gasteiger partial charge on any atom is 0.115 e. The molecule has 20 heavy (non-hydrogen) atoms. The third-order valence-electron chi connectivity index (χ3n) is 3.26. The molecule has 3 rings (SSSR count). The Morgan fingerprint density at radius 1 is 1.20 bits per heavy atom. The normalized spacial score (nSPS) is 11.2. The van der Waals surface area contributed by atoms with Crippen molar-refractivity contribution in [1.29, 1.82) is 0 Å². The Labute approximate surface area is 131 Å². The summed E-state index contributed by atoms with van der Waals surface area (Å²) in [6, 6.07) is 14.6. The van der Waals surface area contributed by atoms with Gasteiger partial charge in [-0.3, -0.25) is 4.57 Å². The van der Waals surface area contributed by atoms with Gasteiger partial charge in [-0.2, -0.15) is 0 Å². The van der Waals surface area contributed by atoms with Gasteiger partial charge in [-0.05, 0) is 42.8 Å². The quantitative estimate of drug-likeness (QED) is 0.616. The predicted octanol–water partition coefficient (Wildman–Crippen LogP) is 4.88. The molecule has 2 nitrogen and oxygen atoms in total. The van der Waals surface area contributed by atoms with Crippen molar-refractivity contribution in [3.05, 3.63) is 58.3 Å². The molecule has 0 radical (unpaired) electrons. The molecule has 102 valence electrons. The first-order valence-electron chi connectivity index (χ1n) is 6.49. The van der Waals surface area contributed by atoms with E-state index in [0.717, 1.165) is 33.4 Å². The second kappa shape index (κ2) is 5.58. The van der Waals surface area contributed by atoms with E-state index >= 15 is 0 Å². The Kier molecular flexibility index (Phi) is 3.81. The van der Waals surface area contributed by atoms with Crippen molar-refractivity contribution in [2.24, 2.45) is 0 Å². The van der Waals surface area contributed by atoms with E-state index in [9.17, 15) is 0 Å². The van der Waals surface area contributed by atoms with Gasteiger partial charge in [0, 0.05) is 22.5 Å². The molecule has 2 aromatic carbocycles. The molecule has 0 amide bonds. The van der Waals surface area contributed by atoms with E-state index in [1.165, 1.54) is 5.56 Å². The van der Waals surface area contributed by atoms with Gasteiger partial charge in [0.1, 0.15) is 5.82 Å². The molecule has 1 aromatic heterocycles. The lowest BCUT2D eigenvalue weighted by Crippen LogP contribution is -2.02. The van der Waals surface area contributed by atoms with Crippen LogP contribution in [0.2, 0.25) is 0 Å². The number of nitrogens with zero attached hydrogens (tertiary/aromatic N) is 2. The Bertz CT molecular complexity index is 764. The predicted molar refractivity (Wildman–Crippen MR) is 87.9 cm³/mol. The summed E-state index contributed by atoms with van der Waals surface area (Å²) in [7, 11) is 0. The Morgan fingerprint density at radius 3 is 2.80 bits per heavy atom. The van der Waals surface area contributed by atoms with E-state index < -0.39 is 0 Å². The number of hydrogen-bond acceptors (Lipinski definition) is 1. The zero-order valence-corrected chi connectivity index (χ0v) is 13.4. The molecule has 0 spiro atoms. The lowest BCUT2D eigenvalue weighted by molar-refractivity contribution is 0.912. The van der Waals surface area contributed by atoms with Crippen molar-refractivity contribution >= 4 is 38.6 Å². The van der Waals surface area contributed by atoms with Crippen LogP contribution in [0.4, 0.5) is 0 Å². The highest BCUT2D eigenvalue weighted by atomic mass is 79.9. The zero-order chi connectivity index (χ0) is 14.1. The van der Waals surface area contributed by atoms with E-state index in [1.807, 2.05) is 12.1 Å². The summed E-state index contributed by atoms with van der Waals surface area (Å²) in [5, 5.41) is 0. The van der Waals surface area contributed by atoms with Crippen LogP contribution in [-0.2, 0) is 6.42 Å². The van der Waals surface area contributed by atoms with Crippen molar-refractivity contribution in [3.63, 3.8) is 0 Å². The van der Waals surface area contributed by atoms with E-state index in [1.54, 1.807) is 0 Å². The lowest BCUT2D eigenvalue weighted by atomic mass is 10.2. The number of halogens is 2. The van der Waals surface area contributed by atoms with Crippen molar-refractivity contribution < 1.29 is 0 Å². The first-order chi connectivity index (χ1) is 9.69. The van der Waals surface area contributed by atoms with Crippen molar-refractivity contribution in [3.8, 4) is 5.69 Å². The minimum atomic E-state index is 0.566. The highest BCUT2D eigenvalue weighted by Crippen LogP contribution is 2.25. The van der Waals surface area contributed by atoms with Gasteiger partial charge < -0.3 is 0 Å². The molecule has 1 heterocycles. The molecule has 0 unspecified atom stereocenters. The fourth-order valence-corrected chi connectivity index (χ4v) is 2.95. The number of fused-ring (bicyclic) bond motifs is 1. The SMILES string of the molecule is Cc1ccc2c(c1)nc(CCCl)n2-c1cccc(Br)c1. The topological polar surface area (TPSA) is 17.8 Å². The van der Waals surface area contributed by atoms with Crippen LogP contribution in [0.1, 0.15) is 11.4 Å². The Morgan fingerprint density at radius 2 is 2.05 bits per heavy atom. The molecular weight excluding hydrogens is 336 g/mol. The third-order valence-corrected chi connectivity index (χ3v) is 3.95. The molecule has 0 saturated heterocycles. The lowest BCUT2D eigenvalue weighted by Gasteiger charge is -2.09. The molecule has 0 saturated carbocycles. The molecule has 4 heteroatoms. The first kappa shape index (κ1) is 13.7. The maximum absolute atomic E-state index is 5.92. The van der Waals surface area contributed by atoms with Gasteiger partial charge in [0.25, 0.3) is 0 Å². The minimum absolute atomic E-state index is 0.566. The van der Waals surface area contributed by atoms with Crippen molar-refractivity contribution in [2.45, 2.75) is 13.3 Å². The Hall–Kier alpha value is -1.32. The standard InChI is InChI=1S/C16H14BrClN2/c1-11-5-6-15-14(9-11)19-16(7-8-18)20(15)13-4-2-3-12(17)10-13/h2-6,9-10H,7-8H2,1H3. The molecule has 3 aromatic rings. The molecule has 0 atom stereocenters. The summed E-state index contributed by atoms with van der Waals surface area (Å²) >= 11 is 9.45. The summed E-state index contributed by atoms with van der Waals surface area (Å²) < 4.78 is 3.24. The van der Waals surface area contributed by atoms with Crippen LogP contribution >= 0.6 is 27.5 Å². The van der Waals surface area contributed by atoms with Gasteiger partial charge in [-0.1, -0.05) is 28.1 Å². The number of benzene rings is 2. The highest BCUT2D eigenvalue weighted by Gasteiger charge is 2.12. The fourth-order valence-electron chi connectivity index (χ4n) is 2.40. The molecule has 0 aliphatic rings. The third kappa shape index (κ3) is 2.48. The molecule has 0 aliphatic carbocycles. The van der Waals surface area contributed by atoms with Crippen LogP contribution in [0.5, 0.6) is 0 Å². The second-order valence-corrected chi connectivity index (χ2v) is 6.07. The van der Waals surface area contributed by atoms with E-state index in [0.29, 0.717) is 5.88 Å². The molecular formula is C16H14BrClN2. The number of aryl methyl sites for hydroxylation is 2. The van der Waals surface area contributed by atoms with Crippen molar-refractivity contribution in [1.82, 2.24) is 9.55 Å². The van der Waals surface area contributed by atoms with E-state index in [-0.39, 0.29) is 0 Å². The van der Waals surface area contributed by atoms with Crippen LogP contribution < -0.4 is 0 Å². The van der Waals surface area contributed by atoms with E-state index in [4.69, 9.17) is 16.6 Å². The summed E-state index contributed by atoms with van der Waals surface area (Å²) in [4.78, 5) is 4.73. The number of aromatic nitrogens is 2. The maximum atomic E-state index is 5.92. The smallest absolute Gasteiger partial charge is 0.115 e. The average Bonchev–Trinajstić information content (AvgIpc) is 2.76. The average molecular weight is 350 g/mol. The van der Waals surface area contributed by atoms with Gasteiger partial charge >= 0.3 is 0 Å². The van der Waals surface area contributed by atoms with Crippen LogP contribution in [0.3, 0.4) is 0 Å². The van der Waals surface area contributed by atoms with Gasteiger partial charge in [-0.15, -0.1) is 11.6 Å². The van der Waals surface area contributed by atoms with Crippen LogP contribution in [0, 0.1) is 6.92 Å². The Balaban J connectivity index is 2.28. The van der Waals surface area contributed by atoms with Crippen LogP contribution in [-0.4, -0.2) is 15.4 Å². The first-order valence-corrected chi connectivity index (χ1v) is 7.81. The van der Waals surface area contributed by atoms with E-state index in [2.05, 4.69) is 57.8 Å². The summed E-state index contributed by atoms with van der Waals surface area (Å²) in [5.41, 5.74) is 4.46. The van der Waals surface area contributed by atoms with Gasteiger partial charge in [0.05, 0.1) is 11.0 Å². The number of alkyl halides is 1. The molecule has 0 fully saturated rings. The zero-order valence-electron chi connectivity index (χ0n) is 11.1. The monoisotopic (exact) mass is 348 g/mol. The second-order valence-electron chi connectivity index (χ2n) is 4.77. The van der Waals surface area contributed by atoms with Gasteiger partial charge in [-0.25, -0.2) is 4.98 Å². The molecule has 0 N–H and O–H groups in total. The van der Waals surface area contributed by atoms with Crippen LogP contribution in [0.25, 0.3) is 16.7 Å². The van der Waals surface area contributed by atoms with Gasteiger partial charge in [0.2, 0.25) is 0 Å². The van der Waals surface area contributed by atoms with Gasteiger partial charge in [0.15, 0.2) is 0 Å². The number of imidazole rings is 1. The summed E-state index contributed by atoms with van der Waals surface area (Å²) in [6.45, 7) is 2.08. The summed E-state index contributed by atoms with van der Waals surface area (Å²) in [6.07, 6.45) is 0.752.